The van der Waals surface area contributed by atoms with Crippen LogP contribution in [0, 0.1) is 0 Å². The van der Waals surface area contributed by atoms with E-state index < -0.39 is 0 Å². The fraction of sp³-hybridized carbons (Fsp3) is 0.333. The SMILES string of the molecule is C1=CCC/C=C\C=C\CC/C=C/1. The maximum Gasteiger partial charge on any atom is -0.0313 e. The third-order valence-corrected chi connectivity index (χ3v) is 1.77. The van der Waals surface area contributed by atoms with Crippen LogP contribution in [0.2, 0.25) is 0 Å². The van der Waals surface area contributed by atoms with Gasteiger partial charge in [0, 0.05) is 0 Å². The van der Waals surface area contributed by atoms with Crippen molar-refractivity contribution in [1.29, 1.82) is 0 Å². The molecular weight excluding hydrogens is 144 g/mol. The molecule has 0 aromatic rings. The molecule has 0 radical (unpaired) electrons. The fourth-order valence-electron chi connectivity index (χ4n) is 1.08. The van der Waals surface area contributed by atoms with Gasteiger partial charge in [-0.1, -0.05) is 48.6 Å². The lowest BCUT2D eigenvalue weighted by Gasteiger charge is -1.88. The van der Waals surface area contributed by atoms with Crippen LogP contribution in [0.15, 0.2) is 48.6 Å². The minimum atomic E-state index is 1.15. The van der Waals surface area contributed by atoms with Crippen LogP contribution in [-0.4, -0.2) is 0 Å². The van der Waals surface area contributed by atoms with Crippen LogP contribution in [0.25, 0.3) is 0 Å². The molecule has 0 heterocycles. The van der Waals surface area contributed by atoms with E-state index >= 15 is 0 Å². The summed E-state index contributed by atoms with van der Waals surface area (Å²) >= 11 is 0. The highest BCUT2D eigenvalue weighted by Crippen LogP contribution is 1.98. The Balaban J connectivity index is 2.40. The predicted octanol–water partition coefficient (Wildman–Crippen LogP) is 3.79. The number of rotatable bonds is 0. The van der Waals surface area contributed by atoms with Gasteiger partial charge in [0.1, 0.15) is 0 Å². The zero-order valence-corrected chi connectivity index (χ0v) is 7.45. The number of hydrogen-bond acceptors (Lipinski definition) is 0. The monoisotopic (exact) mass is 160 g/mol. The Hall–Kier alpha value is -1.04. The molecule has 0 heteroatoms. The van der Waals surface area contributed by atoms with Crippen molar-refractivity contribution in [1.82, 2.24) is 0 Å². The molecule has 0 saturated heterocycles. The molecule has 1 aliphatic rings. The van der Waals surface area contributed by atoms with Crippen molar-refractivity contribution in [3.8, 4) is 0 Å². The van der Waals surface area contributed by atoms with Gasteiger partial charge in [-0.3, -0.25) is 0 Å². The van der Waals surface area contributed by atoms with Crippen molar-refractivity contribution in [3.63, 3.8) is 0 Å². The lowest BCUT2D eigenvalue weighted by atomic mass is 10.2. The van der Waals surface area contributed by atoms with Crippen molar-refractivity contribution < 1.29 is 0 Å². The van der Waals surface area contributed by atoms with E-state index in [9.17, 15) is 0 Å². The summed E-state index contributed by atoms with van der Waals surface area (Å²) in [6.45, 7) is 0. The average molecular weight is 160 g/mol. The van der Waals surface area contributed by atoms with E-state index in [1.807, 2.05) is 0 Å². The van der Waals surface area contributed by atoms with Crippen LogP contribution < -0.4 is 0 Å². The minimum absolute atomic E-state index is 1.15. The molecule has 64 valence electrons. The summed E-state index contributed by atoms with van der Waals surface area (Å²) in [6.07, 6.45) is 22.0. The van der Waals surface area contributed by atoms with Gasteiger partial charge < -0.3 is 0 Å². The van der Waals surface area contributed by atoms with Crippen LogP contribution >= 0.6 is 0 Å². The highest BCUT2D eigenvalue weighted by molar-refractivity contribution is 5.07. The second-order valence-electron chi connectivity index (χ2n) is 2.87. The third-order valence-electron chi connectivity index (χ3n) is 1.77. The van der Waals surface area contributed by atoms with Crippen molar-refractivity contribution in [2.75, 3.05) is 0 Å². The van der Waals surface area contributed by atoms with E-state index in [0.29, 0.717) is 0 Å². The van der Waals surface area contributed by atoms with Gasteiger partial charge in [-0.25, -0.2) is 0 Å². The largest absolute Gasteiger partial charge is 0.0842 e. The molecule has 0 bridgehead atoms. The van der Waals surface area contributed by atoms with Crippen LogP contribution in [0.4, 0.5) is 0 Å². The predicted molar refractivity (Wildman–Crippen MR) is 55.0 cm³/mol. The van der Waals surface area contributed by atoms with Crippen molar-refractivity contribution >= 4 is 0 Å². The molecule has 0 aliphatic heterocycles. The second-order valence-corrected chi connectivity index (χ2v) is 2.87. The Morgan fingerprint density at radius 1 is 0.417 bits per heavy atom. The van der Waals surface area contributed by atoms with Gasteiger partial charge in [0.2, 0.25) is 0 Å². The summed E-state index contributed by atoms with van der Waals surface area (Å²) in [4.78, 5) is 0. The molecule has 0 atom stereocenters. The Morgan fingerprint density at radius 3 is 0.917 bits per heavy atom. The van der Waals surface area contributed by atoms with E-state index in [0.717, 1.165) is 25.7 Å². The van der Waals surface area contributed by atoms with Gasteiger partial charge in [-0.2, -0.15) is 0 Å². The van der Waals surface area contributed by atoms with Gasteiger partial charge in [0.05, 0.1) is 0 Å². The van der Waals surface area contributed by atoms with Gasteiger partial charge in [0.25, 0.3) is 0 Å². The summed E-state index contributed by atoms with van der Waals surface area (Å²) in [6, 6.07) is 0. The van der Waals surface area contributed by atoms with Crippen molar-refractivity contribution in [2.45, 2.75) is 25.7 Å². The Kier molecular flexibility index (Phi) is 5.02. The fourth-order valence-corrected chi connectivity index (χ4v) is 1.08. The smallest absolute Gasteiger partial charge is 0.0313 e. The quantitative estimate of drug-likeness (QED) is 0.506. The number of allylic oxidation sites excluding steroid dienone is 8. The van der Waals surface area contributed by atoms with Crippen molar-refractivity contribution in [3.05, 3.63) is 48.6 Å². The molecular formula is C12H16. The van der Waals surface area contributed by atoms with Crippen LogP contribution in [0.3, 0.4) is 0 Å². The summed E-state index contributed by atoms with van der Waals surface area (Å²) in [7, 11) is 0. The van der Waals surface area contributed by atoms with Crippen molar-refractivity contribution in [2.24, 2.45) is 0 Å². The minimum Gasteiger partial charge on any atom is -0.0842 e. The molecule has 0 unspecified atom stereocenters. The first kappa shape index (κ1) is 9.05. The lowest BCUT2D eigenvalue weighted by molar-refractivity contribution is 1.04. The molecule has 1 rings (SSSR count). The highest BCUT2D eigenvalue weighted by Gasteiger charge is 1.78. The summed E-state index contributed by atoms with van der Waals surface area (Å²) in [5.74, 6) is 0. The van der Waals surface area contributed by atoms with E-state index in [1.165, 1.54) is 0 Å². The standard InChI is InChI=1S/C12H16/c1-2-4-6-8-10-12-11-9-7-5-3-1/h1-4,9-12H,5-8H2/b3-1-,4-2+,11-9?,12-10+. The topological polar surface area (TPSA) is 0 Å². The highest BCUT2D eigenvalue weighted by atomic mass is 13.8. The van der Waals surface area contributed by atoms with E-state index in [2.05, 4.69) is 48.6 Å². The van der Waals surface area contributed by atoms with Gasteiger partial charge >= 0.3 is 0 Å². The second kappa shape index (κ2) is 6.66. The summed E-state index contributed by atoms with van der Waals surface area (Å²) < 4.78 is 0. The molecule has 0 nitrogen and oxygen atoms in total. The molecule has 0 fully saturated rings. The maximum atomic E-state index is 2.21. The van der Waals surface area contributed by atoms with E-state index in [-0.39, 0.29) is 0 Å². The zero-order valence-electron chi connectivity index (χ0n) is 7.45. The Bertz CT molecular complexity index is 156. The third kappa shape index (κ3) is 4.73. The molecule has 0 N–H and O–H groups in total. The zero-order chi connectivity index (χ0) is 8.49. The Morgan fingerprint density at radius 2 is 0.667 bits per heavy atom. The average Bonchev–Trinajstić information content (AvgIpc) is 2.05. The lowest BCUT2D eigenvalue weighted by Crippen LogP contribution is -1.67. The first-order chi connectivity index (χ1) is 6.00. The van der Waals surface area contributed by atoms with Crippen LogP contribution in [-0.2, 0) is 0 Å². The molecule has 1 aliphatic carbocycles. The normalized spacial score (nSPS) is 26.7. The van der Waals surface area contributed by atoms with E-state index in [1.54, 1.807) is 0 Å². The van der Waals surface area contributed by atoms with Gasteiger partial charge in [0.15, 0.2) is 0 Å². The van der Waals surface area contributed by atoms with E-state index in [4.69, 9.17) is 0 Å². The molecule has 0 aromatic heterocycles. The molecule has 0 saturated carbocycles. The molecule has 0 aromatic carbocycles. The van der Waals surface area contributed by atoms with Gasteiger partial charge in [-0.15, -0.1) is 0 Å². The van der Waals surface area contributed by atoms with Gasteiger partial charge in [-0.05, 0) is 25.7 Å². The summed E-state index contributed by atoms with van der Waals surface area (Å²) in [5.41, 5.74) is 0. The Labute approximate surface area is 75.0 Å². The van der Waals surface area contributed by atoms with Crippen LogP contribution in [0.5, 0.6) is 0 Å². The first-order valence-electron chi connectivity index (χ1n) is 4.63. The molecule has 0 amide bonds. The number of hydrogen-bond donors (Lipinski definition) is 0. The molecule has 0 spiro atoms. The first-order valence-corrected chi connectivity index (χ1v) is 4.63. The van der Waals surface area contributed by atoms with Crippen LogP contribution in [0.1, 0.15) is 25.7 Å². The summed E-state index contributed by atoms with van der Waals surface area (Å²) in [5, 5.41) is 0. The molecule has 12 heavy (non-hydrogen) atoms. The maximum absolute atomic E-state index is 2.21.